The number of rotatable bonds is 14. The van der Waals surface area contributed by atoms with Crippen molar-refractivity contribution in [1.82, 2.24) is 25.2 Å². The minimum Gasteiger partial charge on any atom is -0.481 e. The molecule has 0 radical (unpaired) electrons. The van der Waals surface area contributed by atoms with Crippen molar-refractivity contribution in [2.24, 2.45) is 0 Å². The van der Waals surface area contributed by atoms with Crippen LogP contribution in [0.25, 0.3) is 10.1 Å². The SMILES string of the molecule is CCCOC(=O)[C@H](C)NP(=O)(Cc1ccc2sc(C(=O)N[C@H]3CCC[C@H]4CC[C@@H](C(=O)N5CC(c6c(F)ccnc6OC)C5)N4C3=O)cc2c1)Oc1ccccc1. The van der Waals surface area contributed by atoms with Gasteiger partial charge in [-0.05, 0) is 92.8 Å². The largest absolute Gasteiger partial charge is 0.481 e. The molecule has 3 fully saturated rings. The van der Waals surface area contributed by atoms with Crippen LogP contribution in [0.4, 0.5) is 4.39 Å². The fraction of sp³-hybridized carbons (Fsp3) is 0.439. The predicted molar refractivity (Wildman–Crippen MR) is 213 cm³/mol. The van der Waals surface area contributed by atoms with Crippen LogP contribution in [0.1, 0.15) is 79.1 Å². The van der Waals surface area contributed by atoms with E-state index in [2.05, 4.69) is 15.4 Å². The van der Waals surface area contributed by atoms with Crippen LogP contribution in [-0.2, 0) is 29.8 Å². The van der Waals surface area contributed by atoms with E-state index in [1.54, 1.807) is 47.1 Å². The van der Waals surface area contributed by atoms with Crippen LogP contribution in [0.3, 0.4) is 0 Å². The van der Waals surface area contributed by atoms with Gasteiger partial charge in [0, 0.05) is 35.9 Å². The fourth-order valence-corrected chi connectivity index (χ4v) is 10.9. The highest BCUT2D eigenvalue weighted by molar-refractivity contribution is 7.56. The van der Waals surface area contributed by atoms with Crippen LogP contribution in [0, 0.1) is 5.82 Å². The quantitative estimate of drug-likeness (QED) is 0.108. The molecule has 3 amide bonds. The molecular weight excluding hydrogens is 773 g/mol. The molecule has 0 spiro atoms. The number of hydrogen-bond acceptors (Lipinski definition) is 10. The number of carbonyl (C=O) groups excluding carboxylic acids is 4. The molecule has 1 unspecified atom stereocenters. The monoisotopic (exact) mass is 819 g/mol. The Morgan fingerprint density at radius 3 is 2.60 bits per heavy atom. The zero-order chi connectivity index (χ0) is 40.3. The first-order valence-corrected chi connectivity index (χ1v) is 22.0. The normalized spacial score (nSPS) is 21.2. The number of thiophene rings is 1. The Balaban J connectivity index is 1.02. The molecule has 13 nitrogen and oxygen atoms in total. The van der Waals surface area contributed by atoms with Crippen molar-refractivity contribution in [3.8, 4) is 11.6 Å². The van der Waals surface area contributed by atoms with E-state index in [-0.39, 0.29) is 42.4 Å². The van der Waals surface area contributed by atoms with E-state index in [9.17, 15) is 28.1 Å². The number of methoxy groups -OCH3 is 1. The van der Waals surface area contributed by atoms with Crippen LogP contribution in [-0.4, -0.2) is 89.4 Å². The van der Waals surface area contributed by atoms with Gasteiger partial charge in [-0.15, -0.1) is 11.3 Å². The van der Waals surface area contributed by atoms with Crippen LogP contribution < -0.4 is 19.7 Å². The standard InChI is InChI=1S/C41H47FN5O8PS/c1-4-19-54-41(51)25(2)45-56(52,55-30-10-6-5-7-11-30)24-26-13-16-34-27(20-26)21-35(57-34)37(48)44-32-12-8-9-29-14-15-33(47(29)39(32)49)40(50)46-22-28(23-46)36-31(42)17-18-43-38(36)53-3/h5-7,10-11,13,16-18,20-21,25,28-29,32-33H,4,8-9,12,14-15,19,22-24H2,1-3H3,(H,44,48)(H,45,52)/t25-,29-,32-,33-,56?/m0/s1. The predicted octanol–water partition coefficient (Wildman–Crippen LogP) is 6.42. The number of benzene rings is 2. The van der Waals surface area contributed by atoms with Gasteiger partial charge in [-0.1, -0.05) is 31.2 Å². The third-order valence-corrected chi connectivity index (χ3v) is 13.9. The zero-order valence-corrected chi connectivity index (χ0v) is 33.9. The van der Waals surface area contributed by atoms with E-state index < -0.39 is 43.3 Å². The first-order valence-electron chi connectivity index (χ1n) is 19.4. The highest BCUT2D eigenvalue weighted by Gasteiger charge is 2.48. The van der Waals surface area contributed by atoms with Gasteiger partial charge in [0.1, 0.15) is 29.7 Å². The van der Waals surface area contributed by atoms with Crippen molar-refractivity contribution < 1.29 is 42.1 Å². The van der Waals surface area contributed by atoms with Gasteiger partial charge in [0.2, 0.25) is 17.7 Å². The number of nitrogens with one attached hydrogen (secondary N) is 2. The van der Waals surface area contributed by atoms with Gasteiger partial charge in [-0.25, -0.2) is 14.5 Å². The Morgan fingerprint density at radius 2 is 1.84 bits per heavy atom. The number of esters is 1. The van der Waals surface area contributed by atoms with Crippen LogP contribution >= 0.6 is 18.9 Å². The smallest absolute Gasteiger partial charge is 0.323 e. The number of ether oxygens (including phenoxy) is 2. The number of amides is 3. The van der Waals surface area contributed by atoms with Crippen molar-refractivity contribution >= 4 is 52.6 Å². The van der Waals surface area contributed by atoms with Gasteiger partial charge in [0.05, 0.1) is 30.3 Å². The number of aromatic nitrogens is 1. The van der Waals surface area contributed by atoms with E-state index in [0.717, 1.165) is 16.5 Å². The van der Waals surface area contributed by atoms with Crippen molar-refractivity contribution in [3.05, 3.63) is 88.7 Å². The van der Waals surface area contributed by atoms with Crippen molar-refractivity contribution in [2.45, 2.75) is 88.6 Å². The molecule has 4 aromatic rings. The molecule has 3 aliphatic rings. The summed E-state index contributed by atoms with van der Waals surface area (Å²) in [6, 6.07) is 14.8. The summed E-state index contributed by atoms with van der Waals surface area (Å²) in [5, 5.41) is 6.61. The molecular formula is C41H47FN5O8PS. The maximum absolute atomic E-state index is 14.7. The molecule has 16 heteroatoms. The Morgan fingerprint density at radius 1 is 1.05 bits per heavy atom. The molecule has 3 saturated heterocycles. The van der Waals surface area contributed by atoms with Gasteiger partial charge in [-0.2, -0.15) is 0 Å². The third kappa shape index (κ3) is 8.85. The fourth-order valence-electron chi connectivity index (χ4n) is 7.96. The van der Waals surface area contributed by atoms with E-state index in [0.29, 0.717) is 66.9 Å². The minimum absolute atomic E-state index is 0.0410. The summed E-state index contributed by atoms with van der Waals surface area (Å²) in [7, 11) is -2.26. The number of pyridine rings is 1. The highest BCUT2D eigenvalue weighted by atomic mass is 32.1. The summed E-state index contributed by atoms with van der Waals surface area (Å²) in [6.07, 6.45) is 5.09. The minimum atomic E-state index is -3.70. The van der Waals surface area contributed by atoms with Crippen LogP contribution in [0.2, 0.25) is 0 Å². The molecule has 0 saturated carbocycles. The summed E-state index contributed by atoms with van der Waals surface area (Å²) >= 11 is 1.28. The lowest BCUT2D eigenvalue weighted by molar-refractivity contribution is -0.148. The van der Waals surface area contributed by atoms with Gasteiger partial charge >= 0.3 is 13.5 Å². The molecule has 5 atom stereocenters. The van der Waals surface area contributed by atoms with Gasteiger partial charge in [0.15, 0.2) is 0 Å². The second kappa shape index (κ2) is 17.3. The van der Waals surface area contributed by atoms with Crippen LogP contribution in [0.15, 0.2) is 66.9 Å². The topological polar surface area (TPSA) is 156 Å². The maximum atomic E-state index is 14.7. The molecule has 2 aromatic heterocycles. The van der Waals surface area contributed by atoms with Gasteiger partial charge in [-0.3, -0.25) is 23.7 Å². The molecule has 302 valence electrons. The first-order chi connectivity index (χ1) is 27.5. The lowest BCUT2D eigenvalue weighted by atomic mass is 9.90. The number of halogens is 1. The Kier molecular flexibility index (Phi) is 12.3. The number of nitrogens with zero attached hydrogens (tertiary/aromatic N) is 3. The van der Waals surface area contributed by atoms with Crippen LogP contribution in [0.5, 0.6) is 11.6 Å². The summed E-state index contributed by atoms with van der Waals surface area (Å²) in [4.78, 5) is 62.1. The Bertz CT molecular complexity index is 2180. The molecule has 0 bridgehead atoms. The molecule has 0 aliphatic carbocycles. The van der Waals surface area contributed by atoms with E-state index in [1.165, 1.54) is 30.7 Å². The number of likely N-dealkylation sites (tertiary alicyclic amines) is 1. The number of hydrogen-bond donors (Lipinski definition) is 2. The summed E-state index contributed by atoms with van der Waals surface area (Å²) in [5.74, 6) is -1.45. The number of carbonyl (C=O) groups is 4. The maximum Gasteiger partial charge on any atom is 0.323 e. The van der Waals surface area contributed by atoms with E-state index in [1.807, 2.05) is 31.2 Å². The van der Waals surface area contributed by atoms with Crippen molar-refractivity contribution in [3.63, 3.8) is 0 Å². The second-order valence-electron chi connectivity index (χ2n) is 14.8. The number of fused-ring (bicyclic) bond motifs is 2. The highest BCUT2D eigenvalue weighted by Crippen LogP contribution is 2.47. The lowest BCUT2D eigenvalue weighted by Gasteiger charge is -2.42. The third-order valence-electron chi connectivity index (χ3n) is 10.8. The summed E-state index contributed by atoms with van der Waals surface area (Å²) in [6.45, 7) is 4.33. The van der Waals surface area contributed by atoms with Gasteiger partial charge < -0.3 is 29.1 Å². The average molecular weight is 820 g/mol. The lowest BCUT2D eigenvalue weighted by Crippen LogP contribution is -2.58. The van der Waals surface area contributed by atoms with E-state index >= 15 is 0 Å². The zero-order valence-electron chi connectivity index (χ0n) is 32.1. The molecule has 5 heterocycles. The molecule has 2 aromatic carbocycles. The number of para-hydroxylation sites is 1. The van der Waals surface area contributed by atoms with Crippen molar-refractivity contribution in [2.75, 3.05) is 26.8 Å². The summed E-state index contributed by atoms with van der Waals surface area (Å²) in [5.41, 5.74) is 1.02. The molecule has 3 aliphatic heterocycles. The Labute approximate surface area is 334 Å². The molecule has 57 heavy (non-hydrogen) atoms. The van der Waals surface area contributed by atoms with Gasteiger partial charge in [0.25, 0.3) is 5.91 Å². The summed E-state index contributed by atoms with van der Waals surface area (Å²) < 4.78 is 46.3. The second-order valence-corrected chi connectivity index (χ2v) is 18.0. The Hall–Kier alpha value is -4.85. The van der Waals surface area contributed by atoms with E-state index in [4.69, 9.17) is 14.0 Å². The van der Waals surface area contributed by atoms with Crippen molar-refractivity contribution in [1.29, 1.82) is 0 Å². The molecule has 2 N–H and O–H groups in total. The first kappa shape index (κ1) is 40.4. The molecule has 7 rings (SSSR count). The average Bonchev–Trinajstić information content (AvgIpc) is 3.77.